The van der Waals surface area contributed by atoms with Gasteiger partial charge < -0.3 is 24.2 Å². The standard InChI is InChI=1S/C22H22N4O5/c1-13-23-21(25-31-13)16-6-4-5-7-17(16)24-22(28)14-10-20(27)26(12-14)15-8-9-18(29-2)19(11-15)30-3/h4-9,11,14H,10,12H2,1-3H3,(H,24,28). The third-order valence-electron chi connectivity index (χ3n) is 5.13. The van der Waals surface area contributed by atoms with Crippen LogP contribution in [0.4, 0.5) is 11.4 Å². The minimum absolute atomic E-state index is 0.115. The second-order valence-electron chi connectivity index (χ2n) is 7.12. The fourth-order valence-corrected chi connectivity index (χ4v) is 3.56. The molecule has 2 heterocycles. The van der Waals surface area contributed by atoms with Gasteiger partial charge in [-0.05, 0) is 24.3 Å². The maximum atomic E-state index is 13.0. The second-order valence-corrected chi connectivity index (χ2v) is 7.12. The number of benzene rings is 2. The first-order valence-corrected chi connectivity index (χ1v) is 9.73. The van der Waals surface area contributed by atoms with Crippen molar-refractivity contribution in [2.24, 2.45) is 5.92 Å². The number of para-hydroxylation sites is 1. The van der Waals surface area contributed by atoms with Crippen LogP contribution >= 0.6 is 0 Å². The molecule has 160 valence electrons. The third-order valence-corrected chi connectivity index (χ3v) is 5.13. The Morgan fingerprint density at radius 1 is 1.16 bits per heavy atom. The molecule has 1 fully saturated rings. The monoisotopic (exact) mass is 422 g/mol. The topological polar surface area (TPSA) is 107 Å². The lowest BCUT2D eigenvalue weighted by Gasteiger charge is -2.18. The van der Waals surface area contributed by atoms with Gasteiger partial charge in [-0.1, -0.05) is 17.3 Å². The van der Waals surface area contributed by atoms with Crippen LogP contribution in [0.25, 0.3) is 11.4 Å². The van der Waals surface area contributed by atoms with Crippen molar-refractivity contribution < 1.29 is 23.6 Å². The number of methoxy groups -OCH3 is 2. The minimum atomic E-state index is -0.499. The Morgan fingerprint density at radius 2 is 1.94 bits per heavy atom. The van der Waals surface area contributed by atoms with Crippen LogP contribution in [0.1, 0.15) is 12.3 Å². The molecule has 0 saturated carbocycles. The van der Waals surface area contributed by atoms with Crippen LogP contribution in [-0.4, -0.2) is 42.7 Å². The van der Waals surface area contributed by atoms with E-state index < -0.39 is 5.92 Å². The molecule has 1 N–H and O–H groups in total. The highest BCUT2D eigenvalue weighted by Crippen LogP contribution is 2.34. The number of ether oxygens (including phenoxy) is 2. The molecule has 2 aromatic carbocycles. The van der Waals surface area contributed by atoms with Crippen LogP contribution < -0.4 is 19.7 Å². The van der Waals surface area contributed by atoms with E-state index in [9.17, 15) is 9.59 Å². The highest BCUT2D eigenvalue weighted by Gasteiger charge is 2.35. The van der Waals surface area contributed by atoms with Crippen LogP contribution in [0.5, 0.6) is 11.5 Å². The molecule has 0 radical (unpaired) electrons. The number of carbonyl (C=O) groups is 2. The number of nitrogens with one attached hydrogen (secondary N) is 1. The fourth-order valence-electron chi connectivity index (χ4n) is 3.56. The summed E-state index contributed by atoms with van der Waals surface area (Å²) >= 11 is 0. The number of rotatable bonds is 6. The molecular weight excluding hydrogens is 400 g/mol. The Bertz CT molecular complexity index is 1130. The molecule has 0 spiro atoms. The molecular formula is C22H22N4O5. The van der Waals surface area contributed by atoms with Gasteiger partial charge in [-0.3, -0.25) is 9.59 Å². The Hall–Kier alpha value is -3.88. The zero-order valence-corrected chi connectivity index (χ0v) is 17.4. The first-order valence-electron chi connectivity index (χ1n) is 9.73. The van der Waals surface area contributed by atoms with Gasteiger partial charge in [0.25, 0.3) is 0 Å². The van der Waals surface area contributed by atoms with Gasteiger partial charge in [0.1, 0.15) is 0 Å². The molecule has 9 nitrogen and oxygen atoms in total. The number of carbonyl (C=O) groups excluding carboxylic acids is 2. The lowest BCUT2D eigenvalue weighted by molar-refractivity contribution is -0.122. The van der Waals surface area contributed by atoms with Gasteiger partial charge in [0.2, 0.25) is 23.5 Å². The normalized spacial score (nSPS) is 15.8. The summed E-state index contributed by atoms with van der Waals surface area (Å²) in [7, 11) is 3.08. The van der Waals surface area contributed by atoms with Gasteiger partial charge in [-0.15, -0.1) is 0 Å². The van der Waals surface area contributed by atoms with Crippen molar-refractivity contribution in [2.45, 2.75) is 13.3 Å². The summed E-state index contributed by atoms with van der Waals surface area (Å²) in [4.78, 5) is 31.4. The number of hydrogen-bond donors (Lipinski definition) is 1. The van der Waals surface area contributed by atoms with E-state index in [1.165, 1.54) is 7.11 Å². The smallest absolute Gasteiger partial charge is 0.229 e. The van der Waals surface area contributed by atoms with E-state index in [0.717, 1.165) is 0 Å². The first-order chi connectivity index (χ1) is 15.0. The predicted octanol–water partition coefficient (Wildman–Crippen LogP) is 3.05. The number of aryl methyl sites for hydroxylation is 1. The van der Waals surface area contributed by atoms with Gasteiger partial charge in [0.05, 0.1) is 25.8 Å². The molecule has 0 bridgehead atoms. The van der Waals surface area contributed by atoms with Crippen molar-refractivity contribution in [3.05, 3.63) is 48.4 Å². The number of amides is 2. The number of nitrogens with zero attached hydrogens (tertiary/aromatic N) is 3. The largest absolute Gasteiger partial charge is 0.493 e. The van der Waals surface area contributed by atoms with Crippen molar-refractivity contribution in [2.75, 3.05) is 31.0 Å². The molecule has 3 aromatic rings. The summed E-state index contributed by atoms with van der Waals surface area (Å²) in [5.41, 5.74) is 1.86. The molecule has 1 unspecified atom stereocenters. The minimum Gasteiger partial charge on any atom is -0.493 e. The molecule has 2 amide bonds. The second kappa shape index (κ2) is 8.47. The number of hydrogen-bond acceptors (Lipinski definition) is 7. The van der Waals surface area contributed by atoms with Crippen molar-refractivity contribution >= 4 is 23.2 Å². The van der Waals surface area contributed by atoms with Gasteiger partial charge in [0.15, 0.2) is 11.5 Å². The quantitative estimate of drug-likeness (QED) is 0.651. The van der Waals surface area contributed by atoms with Crippen molar-refractivity contribution in [1.82, 2.24) is 10.1 Å². The van der Waals surface area contributed by atoms with E-state index in [4.69, 9.17) is 14.0 Å². The first kappa shape index (κ1) is 20.4. The molecule has 1 saturated heterocycles. The maximum absolute atomic E-state index is 13.0. The summed E-state index contributed by atoms with van der Waals surface area (Å²) in [6, 6.07) is 12.4. The van der Waals surface area contributed by atoms with E-state index in [2.05, 4.69) is 15.5 Å². The van der Waals surface area contributed by atoms with E-state index >= 15 is 0 Å². The van der Waals surface area contributed by atoms with E-state index in [-0.39, 0.29) is 24.8 Å². The van der Waals surface area contributed by atoms with Crippen LogP contribution in [0, 0.1) is 12.8 Å². The third kappa shape index (κ3) is 4.07. The summed E-state index contributed by atoms with van der Waals surface area (Å²) in [5, 5.41) is 6.83. The predicted molar refractivity (Wildman–Crippen MR) is 113 cm³/mol. The van der Waals surface area contributed by atoms with Crippen molar-refractivity contribution in [3.8, 4) is 22.9 Å². The molecule has 1 aliphatic rings. The Morgan fingerprint density at radius 3 is 2.65 bits per heavy atom. The molecule has 9 heteroatoms. The fraction of sp³-hybridized carbons (Fsp3) is 0.273. The van der Waals surface area contributed by atoms with Gasteiger partial charge in [-0.2, -0.15) is 4.98 Å². The van der Waals surface area contributed by atoms with Crippen molar-refractivity contribution in [1.29, 1.82) is 0 Å². The average molecular weight is 422 g/mol. The lowest BCUT2D eigenvalue weighted by atomic mass is 10.1. The molecule has 1 aliphatic heterocycles. The highest BCUT2D eigenvalue weighted by molar-refractivity contribution is 6.04. The Balaban J connectivity index is 1.51. The van der Waals surface area contributed by atoms with Crippen LogP contribution in [0.2, 0.25) is 0 Å². The lowest BCUT2D eigenvalue weighted by Crippen LogP contribution is -2.28. The van der Waals surface area contributed by atoms with Crippen LogP contribution in [0.15, 0.2) is 47.0 Å². The van der Waals surface area contributed by atoms with E-state index in [0.29, 0.717) is 40.2 Å². The summed E-state index contributed by atoms with van der Waals surface area (Å²) in [6.07, 6.45) is 0.115. The number of aromatic nitrogens is 2. The Labute approximate surface area is 179 Å². The van der Waals surface area contributed by atoms with Crippen LogP contribution in [0.3, 0.4) is 0 Å². The highest BCUT2D eigenvalue weighted by atomic mass is 16.5. The summed E-state index contributed by atoms with van der Waals surface area (Å²) in [5.74, 6) is 1.04. The molecule has 1 aromatic heterocycles. The van der Waals surface area contributed by atoms with E-state index in [1.54, 1.807) is 49.3 Å². The van der Waals surface area contributed by atoms with Crippen LogP contribution in [-0.2, 0) is 9.59 Å². The maximum Gasteiger partial charge on any atom is 0.229 e. The zero-order chi connectivity index (χ0) is 22.0. The summed E-state index contributed by atoms with van der Waals surface area (Å²) < 4.78 is 15.6. The van der Waals surface area contributed by atoms with Gasteiger partial charge in [0, 0.05) is 37.2 Å². The molecule has 1 atom stereocenters. The van der Waals surface area contributed by atoms with Gasteiger partial charge in [-0.25, -0.2) is 0 Å². The van der Waals surface area contributed by atoms with Gasteiger partial charge >= 0.3 is 0 Å². The summed E-state index contributed by atoms with van der Waals surface area (Å²) in [6.45, 7) is 1.97. The molecule has 4 rings (SSSR count). The zero-order valence-electron chi connectivity index (χ0n) is 17.4. The molecule has 0 aliphatic carbocycles. The Kier molecular flexibility index (Phi) is 5.57. The van der Waals surface area contributed by atoms with E-state index in [1.807, 2.05) is 12.1 Å². The van der Waals surface area contributed by atoms with Crippen molar-refractivity contribution in [3.63, 3.8) is 0 Å². The molecule has 31 heavy (non-hydrogen) atoms. The average Bonchev–Trinajstić information content (AvgIpc) is 3.39. The SMILES string of the molecule is COc1ccc(N2CC(C(=O)Nc3ccccc3-c3noc(C)n3)CC2=O)cc1OC. The number of anilines is 2.